The van der Waals surface area contributed by atoms with Crippen molar-refractivity contribution < 1.29 is 0 Å². The minimum Gasteiger partial charge on any atom is -0.311 e. The van der Waals surface area contributed by atoms with Gasteiger partial charge in [0, 0.05) is 22.5 Å². The van der Waals surface area contributed by atoms with Gasteiger partial charge in [0.1, 0.15) is 0 Å². The largest absolute Gasteiger partial charge is 0.311 e. The molecular formula is C59H45N. The summed E-state index contributed by atoms with van der Waals surface area (Å²) in [6.45, 7) is 4.67. The lowest BCUT2D eigenvalue weighted by Crippen LogP contribution is -2.16. The Balaban J connectivity index is 0.940. The highest BCUT2D eigenvalue weighted by Crippen LogP contribution is 2.47. The summed E-state index contributed by atoms with van der Waals surface area (Å²) >= 11 is 0. The maximum atomic E-state index is 2.36. The van der Waals surface area contributed by atoms with Gasteiger partial charge >= 0.3 is 0 Å². The summed E-state index contributed by atoms with van der Waals surface area (Å²) in [6.07, 6.45) is 2.36. The number of fused-ring (bicyclic) bond motifs is 1. The van der Waals surface area contributed by atoms with Gasteiger partial charge in [-0.15, -0.1) is 0 Å². The zero-order chi connectivity index (χ0) is 40.5. The Morgan fingerprint density at radius 3 is 0.867 bits per heavy atom. The molecule has 0 atom stereocenters. The molecule has 0 amide bonds. The number of anilines is 3. The molecule has 1 nitrogen and oxygen atoms in total. The average molecular weight is 768 g/mol. The SMILES string of the molecule is CC1(C)C(c2ccc(N(c3ccc(-c4ccc(-c5ccccc5)cc4)cc3)c3ccc(-c4ccc(-c5ccc(-c6ccccc6)cc5)cc4)cc3)cc2)=Cc2ccccc21. The molecule has 1 aliphatic carbocycles. The molecule has 1 heteroatoms. The van der Waals surface area contributed by atoms with Crippen LogP contribution in [0.2, 0.25) is 0 Å². The van der Waals surface area contributed by atoms with E-state index in [1.165, 1.54) is 77.9 Å². The van der Waals surface area contributed by atoms with Crippen LogP contribution in [0.3, 0.4) is 0 Å². The second kappa shape index (κ2) is 15.7. The number of allylic oxidation sites excluding steroid dienone is 1. The lowest BCUT2D eigenvalue weighted by molar-refractivity contribution is 0.704. The summed E-state index contributed by atoms with van der Waals surface area (Å²) in [4.78, 5) is 2.36. The summed E-state index contributed by atoms with van der Waals surface area (Å²) in [5, 5.41) is 0. The molecular weight excluding hydrogens is 723 g/mol. The summed E-state index contributed by atoms with van der Waals surface area (Å²) < 4.78 is 0. The third-order valence-electron chi connectivity index (χ3n) is 12.2. The predicted octanol–water partition coefficient (Wildman–Crippen LogP) is 16.3. The molecule has 9 aromatic rings. The molecule has 60 heavy (non-hydrogen) atoms. The Morgan fingerprint density at radius 1 is 0.267 bits per heavy atom. The Kier molecular flexibility index (Phi) is 9.64. The van der Waals surface area contributed by atoms with Gasteiger partial charge in [-0.1, -0.05) is 208 Å². The van der Waals surface area contributed by atoms with Gasteiger partial charge in [-0.2, -0.15) is 0 Å². The van der Waals surface area contributed by atoms with Gasteiger partial charge in [0.25, 0.3) is 0 Å². The molecule has 0 spiro atoms. The fraction of sp³-hybridized carbons (Fsp3) is 0.0508. The second-order valence-corrected chi connectivity index (χ2v) is 16.2. The maximum absolute atomic E-state index is 2.36. The van der Waals surface area contributed by atoms with Crippen LogP contribution in [0.4, 0.5) is 17.1 Å². The van der Waals surface area contributed by atoms with Gasteiger partial charge in [-0.05, 0) is 120 Å². The van der Waals surface area contributed by atoms with Crippen LogP contribution in [0.25, 0.3) is 67.3 Å². The monoisotopic (exact) mass is 767 g/mol. The van der Waals surface area contributed by atoms with Crippen LogP contribution in [0.15, 0.2) is 231 Å². The molecule has 9 aromatic carbocycles. The lowest BCUT2D eigenvalue weighted by atomic mass is 9.78. The van der Waals surface area contributed by atoms with Crippen LogP contribution in [0.5, 0.6) is 0 Å². The van der Waals surface area contributed by atoms with Crippen LogP contribution in [0, 0.1) is 0 Å². The van der Waals surface area contributed by atoms with Crippen LogP contribution in [-0.4, -0.2) is 0 Å². The number of benzene rings is 9. The van der Waals surface area contributed by atoms with Crippen molar-refractivity contribution in [1.82, 2.24) is 0 Å². The third kappa shape index (κ3) is 7.16. The molecule has 0 saturated carbocycles. The van der Waals surface area contributed by atoms with Crippen molar-refractivity contribution in [3.63, 3.8) is 0 Å². The van der Waals surface area contributed by atoms with E-state index in [2.05, 4.69) is 255 Å². The summed E-state index contributed by atoms with van der Waals surface area (Å²) in [7, 11) is 0. The van der Waals surface area contributed by atoms with Crippen molar-refractivity contribution in [2.45, 2.75) is 19.3 Å². The number of nitrogens with zero attached hydrogens (tertiary/aromatic N) is 1. The first-order valence-electron chi connectivity index (χ1n) is 20.8. The normalized spacial score (nSPS) is 12.7. The minimum absolute atomic E-state index is 0.0616. The van der Waals surface area contributed by atoms with E-state index in [9.17, 15) is 0 Å². The topological polar surface area (TPSA) is 3.24 Å². The molecule has 0 saturated heterocycles. The van der Waals surface area contributed by atoms with Crippen molar-refractivity contribution in [1.29, 1.82) is 0 Å². The van der Waals surface area contributed by atoms with E-state index in [1.54, 1.807) is 0 Å². The fourth-order valence-electron chi connectivity index (χ4n) is 8.79. The molecule has 0 N–H and O–H groups in total. The zero-order valence-corrected chi connectivity index (χ0v) is 34.0. The Hall–Kier alpha value is -7.48. The molecule has 10 rings (SSSR count). The molecule has 1 aliphatic rings. The Morgan fingerprint density at radius 2 is 0.533 bits per heavy atom. The Bertz CT molecular complexity index is 2900. The highest BCUT2D eigenvalue weighted by Gasteiger charge is 2.33. The number of hydrogen-bond donors (Lipinski definition) is 0. The van der Waals surface area contributed by atoms with Gasteiger partial charge < -0.3 is 4.90 Å². The van der Waals surface area contributed by atoms with Crippen molar-refractivity contribution in [2.75, 3.05) is 4.90 Å². The molecule has 0 aromatic heterocycles. The smallest absolute Gasteiger partial charge is 0.0462 e. The van der Waals surface area contributed by atoms with E-state index < -0.39 is 0 Å². The van der Waals surface area contributed by atoms with Crippen molar-refractivity contribution in [3.05, 3.63) is 247 Å². The first-order valence-corrected chi connectivity index (χ1v) is 20.8. The van der Waals surface area contributed by atoms with E-state index in [1.807, 2.05) is 0 Å². The summed E-state index contributed by atoms with van der Waals surface area (Å²) in [6, 6.07) is 83.5. The second-order valence-electron chi connectivity index (χ2n) is 16.2. The highest BCUT2D eigenvalue weighted by atomic mass is 15.1. The minimum atomic E-state index is -0.0616. The van der Waals surface area contributed by atoms with Gasteiger partial charge in [0.15, 0.2) is 0 Å². The number of rotatable bonds is 9. The van der Waals surface area contributed by atoms with E-state index in [4.69, 9.17) is 0 Å². The number of hydrogen-bond acceptors (Lipinski definition) is 1. The summed E-state index contributed by atoms with van der Waals surface area (Å²) in [5.74, 6) is 0. The molecule has 0 unspecified atom stereocenters. The zero-order valence-electron chi connectivity index (χ0n) is 34.0. The lowest BCUT2D eigenvalue weighted by Gasteiger charge is -2.28. The van der Waals surface area contributed by atoms with E-state index >= 15 is 0 Å². The first-order chi connectivity index (χ1) is 29.5. The van der Waals surface area contributed by atoms with Crippen LogP contribution in [-0.2, 0) is 5.41 Å². The van der Waals surface area contributed by atoms with Crippen LogP contribution >= 0.6 is 0 Å². The first kappa shape index (κ1) is 36.8. The fourth-order valence-corrected chi connectivity index (χ4v) is 8.79. The van der Waals surface area contributed by atoms with Gasteiger partial charge in [-0.25, -0.2) is 0 Å². The molecule has 286 valence electrons. The molecule has 0 bridgehead atoms. The van der Waals surface area contributed by atoms with Gasteiger partial charge in [0.05, 0.1) is 0 Å². The average Bonchev–Trinajstić information content (AvgIpc) is 3.60. The molecule has 0 fully saturated rings. The van der Waals surface area contributed by atoms with E-state index in [0.717, 1.165) is 17.1 Å². The Labute approximate surface area is 354 Å². The van der Waals surface area contributed by atoms with Gasteiger partial charge in [-0.3, -0.25) is 0 Å². The quantitative estimate of drug-likeness (QED) is 0.141. The summed E-state index contributed by atoms with van der Waals surface area (Å²) in [5.41, 5.74) is 20.7. The van der Waals surface area contributed by atoms with E-state index in [-0.39, 0.29) is 5.41 Å². The molecule has 0 aliphatic heterocycles. The van der Waals surface area contributed by atoms with E-state index in [0.29, 0.717) is 0 Å². The predicted molar refractivity (Wildman–Crippen MR) is 256 cm³/mol. The van der Waals surface area contributed by atoms with Crippen LogP contribution < -0.4 is 4.90 Å². The third-order valence-corrected chi connectivity index (χ3v) is 12.2. The highest BCUT2D eigenvalue weighted by molar-refractivity contribution is 5.94. The van der Waals surface area contributed by atoms with Crippen molar-refractivity contribution >= 4 is 28.7 Å². The van der Waals surface area contributed by atoms with Crippen LogP contribution in [0.1, 0.15) is 30.5 Å². The standard InChI is InChI=1S/C59H45N/c1-59(2)57-16-10-9-15-53(57)41-58(59)52-33-39-56(40-34-52)60(54-35-29-50(30-36-54)48-23-19-45(20-24-48)43-13-7-4-8-14-43)55-37-31-51(32-38-55)49-27-25-47(26-28-49)46-21-17-44(18-22-46)42-11-5-3-6-12-42/h3-41H,1-2H3. The maximum Gasteiger partial charge on any atom is 0.0462 e. The van der Waals surface area contributed by atoms with Crippen molar-refractivity contribution in [3.8, 4) is 55.6 Å². The van der Waals surface area contributed by atoms with Crippen molar-refractivity contribution in [2.24, 2.45) is 0 Å². The molecule has 0 radical (unpaired) electrons. The van der Waals surface area contributed by atoms with Gasteiger partial charge in [0.2, 0.25) is 0 Å². The molecule has 0 heterocycles.